The van der Waals surface area contributed by atoms with Crippen molar-refractivity contribution in [1.82, 2.24) is 19.9 Å². The van der Waals surface area contributed by atoms with E-state index < -0.39 is 0 Å². The predicted molar refractivity (Wildman–Crippen MR) is 56.3 cm³/mol. The maximum absolute atomic E-state index is 11.8. The number of rotatable bonds is 2. The molecule has 0 atom stereocenters. The third kappa shape index (κ3) is 2.48. The minimum Gasteiger partial charge on any atom is -0.393 e. The molecule has 1 aliphatic heterocycles. The largest absolute Gasteiger partial charge is 0.393 e. The van der Waals surface area contributed by atoms with Gasteiger partial charge in [-0.15, -0.1) is 5.10 Å². The van der Waals surface area contributed by atoms with Gasteiger partial charge >= 0.3 is 0 Å². The third-order valence-corrected chi connectivity index (χ3v) is 2.67. The fourth-order valence-electron chi connectivity index (χ4n) is 1.74. The molecular formula is C9H15N5O2. The number of carbonyl (C=O) groups excluding carboxylic acids is 1. The smallest absolute Gasteiger partial charge is 0.244 e. The second kappa shape index (κ2) is 4.48. The molecule has 7 nitrogen and oxygen atoms in total. The molecule has 1 amide bonds. The van der Waals surface area contributed by atoms with E-state index in [0.717, 1.165) is 0 Å². The van der Waals surface area contributed by atoms with E-state index in [1.165, 1.54) is 10.9 Å². The summed E-state index contributed by atoms with van der Waals surface area (Å²) in [6.45, 7) is 1.36. The quantitative estimate of drug-likeness (QED) is 0.662. The lowest BCUT2D eigenvalue weighted by Crippen LogP contribution is -2.41. The van der Waals surface area contributed by atoms with Gasteiger partial charge in [0.25, 0.3) is 0 Å². The normalized spacial score (nSPS) is 17.7. The molecule has 0 bridgehead atoms. The van der Waals surface area contributed by atoms with Crippen LogP contribution in [-0.2, 0) is 11.3 Å². The molecular weight excluding hydrogens is 210 g/mol. The van der Waals surface area contributed by atoms with E-state index in [9.17, 15) is 9.90 Å². The Balaban J connectivity index is 1.88. The van der Waals surface area contributed by atoms with Crippen LogP contribution >= 0.6 is 0 Å². The van der Waals surface area contributed by atoms with Crippen LogP contribution in [0, 0.1) is 0 Å². The topological polar surface area (TPSA) is 97.3 Å². The van der Waals surface area contributed by atoms with Crippen LogP contribution in [-0.4, -0.2) is 50.1 Å². The summed E-state index contributed by atoms with van der Waals surface area (Å²) in [6.07, 6.45) is 2.54. The van der Waals surface area contributed by atoms with E-state index in [1.54, 1.807) is 4.90 Å². The monoisotopic (exact) mass is 225 g/mol. The SMILES string of the molecule is Nc1cn(CC(=O)N2CCC(O)CC2)nn1. The maximum atomic E-state index is 11.8. The van der Waals surface area contributed by atoms with Crippen molar-refractivity contribution in [1.29, 1.82) is 0 Å². The Morgan fingerprint density at radius 2 is 2.25 bits per heavy atom. The number of aromatic nitrogens is 3. The number of aliphatic hydroxyl groups is 1. The molecule has 1 aromatic heterocycles. The Hall–Kier alpha value is -1.63. The highest BCUT2D eigenvalue weighted by molar-refractivity contribution is 5.76. The fraction of sp³-hybridized carbons (Fsp3) is 0.667. The Labute approximate surface area is 92.8 Å². The van der Waals surface area contributed by atoms with E-state index in [0.29, 0.717) is 31.7 Å². The predicted octanol–water partition coefficient (Wildman–Crippen LogP) is -1.16. The van der Waals surface area contributed by atoms with Crippen molar-refractivity contribution in [2.75, 3.05) is 18.8 Å². The molecule has 0 aromatic carbocycles. The zero-order valence-electron chi connectivity index (χ0n) is 8.91. The summed E-state index contributed by atoms with van der Waals surface area (Å²) in [7, 11) is 0. The molecule has 88 valence electrons. The van der Waals surface area contributed by atoms with Gasteiger partial charge in [-0.2, -0.15) is 0 Å². The zero-order valence-corrected chi connectivity index (χ0v) is 8.91. The van der Waals surface area contributed by atoms with Gasteiger partial charge in [0.1, 0.15) is 6.54 Å². The molecule has 2 rings (SSSR count). The van der Waals surface area contributed by atoms with Gasteiger partial charge in [-0.25, -0.2) is 4.68 Å². The summed E-state index contributed by atoms with van der Waals surface area (Å²) in [5, 5.41) is 16.6. The van der Waals surface area contributed by atoms with Gasteiger partial charge in [0.15, 0.2) is 5.82 Å². The van der Waals surface area contributed by atoms with Crippen LogP contribution in [0.15, 0.2) is 6.20 Å². The lowest BCUT2D eigenvalue weighted by atomic mass is 10.1. The maximum Gasteiger partial charge on any atom is 0.244 e. The Bertz CT molecular complexity index is 370. The summed E-state index contributed by atoms with van der Waals surface area (Å²) in [5.74, 6) is 0.290. The van der Waals surface area contributed by atoms with Gasteiger partial charge in [-0.05, 0) is 12.8 Å². The number of piperidine rings is 1. The van der Waals surface area contributed by atoms with Crippen molar-refractivity contribution >= 4 is 11.7 Å². The van der Waals surface area contributed by atoms with Crippen molar-refractivity contribution in [3.8, 4) is 0 Å². The van der Waals surface area contributed by atoms with Crippen LogP contribution < -0.4 is 5.73 Å². The lowest BCUT2D eigenvalue weighted by Gasteiger charge is -2.29. The average molecular weight is 225 g/mol. The molecule has 3 N–H and O–H groups in total. The van der Waals surface area contributed by atoms with Gasteiger partial charge in [0.2, 0.25) is 5.91 Å². The molecule has 0 saturated carbocycles. The van der Waals surface area contributed by atoms with Crippen LogP contribution in [0.2, 0.25) is 0 Å². The van der Waals surface area contributed by atoms with Gasteiger partial charge in [0.05, 0.1) is 12.3 Å². The Morgan fingerprint density at radius 1 is 1.56 bits per heavy atom. The average Bonchev–Trinajstić information content (AvgIpc) is 2.65. The van der Waals surface area contributed by atoms with Crippen molar-refractivity contribution in [2.24, 2.45) is 0 Å². The Kier molecular flexibility index (Phi) is 3.04. The number of nitrogen functional groups attached to an aromatic ring is 1. The lowest BCUT2D eigenvalue weighted by molar-refractivity contribution is -0.134. The number of anilines is 1. The van der Waals surface area contributed by atoms with Gasteiger partial charge in [-0.1, -0.05) is 5.21 Å². The fourth-order valence-corrected chi connectivity index (χ4v) is 1.74. The van der Waals surface area contributed by atoms with E-state index in [1.807, 2.05) is 0 Å². The molecule has 1 aromatic rings. The summed E-state index contributed by atoms with van der Waals surface area (Å²) < 4.78 is 1.42. The first-order valence-electron chi connectivity index (χ1n) is 5.26. The standard InChI is InChI=1S/C9H15N5O2/c10-8-5-14(12-11-8)6-9(16)13-3-1-7(15)2-4-13/h5,7,15H,1-4,6,10H2. The molecule has 0 unspecified atom stereocenters. The highest BCUT2D eigenvalue weighted by Crippen LogP contribution is 2.10. The second-order valence-corrected chi connectivity index (χ2v) is 3.95. The number of nitrogens with zero attached hydrogens (tertiary/aromatic N) is 4. The van der Waals surface area contributed by atoms with Crippen molar-refractivity contribution in [2.45, 2.75) is 25.5 Å². The number of nitrogens with two attached hydrogens (primary N) is 1. The molecule has 1 aliphatic rings. The molecule has 7 heteroatoms. The number of carbonyl (C=O) groups is 1. The molecule has 0 spiro atoms. The number of hydrogen-bond donors (Lipinski definition) is 2. The van der Waals surface area contributed by atoms with Crippen molar-refractivity contribution in [3.05, 3.63) is 6.20 Å². The first-order valence-corrected chi connectivity index (χ1v) is 5.26. The highest BCUT2D eigenvalue weighted by Gasteiger charge is 2.21. The van der Waals surface area contributed by atoms with Gasteiger partial charge in [0, 0.05) is 13.1 Å². The Morgan fingerprint density at radius 3 is 2.81 bits per heavy atom. The number of hydrogen-bond acceptors (Lipinski definition) is 5. The number of likely N-dealkylation sites (tertiary alicyclic amines) is 1. The molecule has 1 fully saturated rings. The van der Waals surface area contributed by atoms with Crippen LogP contribution in [0.3, 0.4) is 0 Å². The molecule has 2 heterocycles. The summed E-state index contributed by atoms with van der Waals surface area (Å²) in [5.41, 5.74) is 5.40. The summed E-state index contributed by atoms with van der Waals surface area (Å²) in [4.78, 5) is 13.5. The highest BCUT2D eigenvalue weighted by atomic mass is 16.3. The van der Waals surface area contributed by atoms with Crippen LogP contribution in [0.5, 0.6) is 0 Å². The first kappa shape index (κ1) is 10.9. The minimum absolute atomic E-state index is 0.0169. The zero-order chi connectivity index (χ0) is 11.5. The van der Waals surface area contributed by atoms with E-state index in [2.05, 4.69) is 10.3 Å². The number of amides is 1. The van der Waals surface area contributed by atoms with Gasteiger partial charge < -0.3 is 15.7 Å². The molecule has 0 aliphatic carbocycles. The molecule has 1 saturated heterocycles. The first-order chi connectivity index (χ1) is 7.65. The second-order valence-electron chi connectivity index (χ2n) is 3.95. The summed E-state index contributed by atoms with van der Waals surface area (Å²) >= 11 is 0. The minimum atomic E-state index is -0.272. The van der Waals surface area contributed by atoms with Crippen LogP contribution in [0.25, 0.3) is 0 Å². The van der Waals surface area contributed by atoms with Crippen LogP contribution in [0.4, 0.5) is 5.82 Å². The van der Waals surface area contributed by atoms with E-state index >= 15 is 0 Å². The van der Waals surface area contributed by atoms with E-state index in [-0.39, 0.29) is 18.6 Å². The van der Waals surface area contributed by atoms with Crippen molar-refractivity contribution in [3.63, 3.8) is 0 Å². The van der Waals surface area contributed by atoms with Crippen molar-refractivity contribution < 1.29 is 9.90 Å². The third-order valence-electron chi connectivity index (χ3n) is 2.67. The molecule has 16 heavy (non-hydrogen) atoms. The summed E-state index contributed by atoms with van der Waals surface area (Å²) in [6, 6.07) is 0. The molecule has 0 radical (unpaired) electrons. The number of aliphatic hydroxyl groups excluding tert-OH is 1. The van der Waals surface area contributed by atoms with Gasteiger partial charge in [-0.3, -0.25) is 4.79 Å². The van der Waals surface area contributed by atoms with Crippen LogP contribution in [0.1, 0.15) is 12.8 Å². The van der Waals surface area contributed by atoms with E-state index in [4.69, 9.17) is 5.73 Å².